The Morgan fingerprint density at radius 3 is 2.46 bits per heavy atom. The van der Waals surface area contributed by atoms with Gasteiger partial charge in [0, 0.05) is 36.8 Å². The Balaban J connectivity index is 1.42. The van der Waals surface area contributed by atoms with Crippen molar-refractivity contribution in [2.45, 2.75) is 33.6 Å². The van der Waals surface area contributed by atoms with Crippen molar-refractivity contribution in [2.75, 3.05) is 18.4 Å². The first-order valence-corrected chi connectivity index (χ1v) is 12.3. The third-order valence-electron chi connectivity index (χ3n) is 6.39. The van der Waals surface area contributed by atoms with Crippen LogP contribution in [0.1, 0.15) is 33.6 Å². The minimum Gasteiger partial charge on any atom is -0.457 e. The van der Waals surface area contributed by atoms with Gasteiger partial charge in [-0.3, -0.25) is 24.6 Å². The van der Waals surface area contributed by atoms with E-state index < -0.39 is 17.7 Å². The van der Waals surface area contributed by atoms with Crippen molar-refractivity contribution >= 4 is 34.3 Å². The molecule has 1 fully saturated rings. The quantitative estimate of drug-likeness (QED) is 0.339. The number of ether oxygens (including phenoxy) is 1. The summed E-state index contributed by atoms with van der Waals surface area (Å²) in [5.74, 6) is -1.37. The molecule has 9 heteroatoms. The number of para-hydroxylation sites is 1. The highest BCUT2D eigenvalue weighted by molar-refractivity contribution is 5.96. The van der Waals surface area contributed by atoms with Crippen LogP contribution < -0.4 is 15.5 Å². The number of amides is 3. The second-order valence-electron chi connectivity index (χ2n) is 10.5. The van der Waals surface area contributed by atoms with Gasteiger partial charge in [-0.05, 0) is 54.3 Å². The molecule has 37 heavy (non-hydrogen) atoms. The van der Waals surface area contributed by atoms with E-state index in [1.54, 1.807) is 46.9 Å². The van der Waals surface area contributed by atoms with Crippen LogP contribution in [0.3, 0.4) is 0 Å². The fourth-order valence-electron chi connectivity index (χ4n) is 4.53. The smallest absolute Gasteiger partial charge is 0.249 e. The molecular weight excluding hydrogens is 472 g/mol. The molecule has 1 aromatic heterocycles. The van der Waals surface area contributed by atoms with Gasteiger partial charge in [0.2, 0.25) is 17.7 Å². The number of benzene rings is 2. The maximum atomic E-state index is 13.1. The molecule has 1 aliphatic heterocycles. The molecule has 2 atom stereocenters. The topological polar surface area (TPSA) is 121 Å². The SMILES string of the molecule is CC(C)(C)CC(=O)N1CCC(C(=O)Nc2ccc(Oc3ccnc4ccccc34)cc2)[C@@H](C(=O)NO)C1. The molecule has 0 bridgehead atoms. The van der Waals surface area contributed by atoms with Crippen molar-refractivity contribution in [3.8, 4) is 11.5 Å². The second-order valence-corrected chi connectivity index (χ2v) is 10.5. The monoisotopic (exact) mass is 504 g/mol. The second kappa shape index (κ2) is 11.0. The lowest BCUT2D eigenvalue weighted by molar-refractivity contribution is -0.146. The number of hydrogen-bond acceptors (Lipinski definition) is 6. The highest BCUT2D eigenvalue weighted by atomic mass is 16.5. The molecule has 0 aliphatic carbocycles. The highest BCUT2D eigenvalue weighted by Crippen LogP contribution is 2.31. The molecule has 0 radical (unpaired) electrons. The predicted octanol–water partition coefficient (Wildman–Crippen LogP) is 4.37. The molecule has 2 aromatic carbocycles. The molecule has 0 saturated carbocycles. The first-order valence-electron chi connectivity index (χ1n) is 12.3. The molecule has 3 aromatic rings. The highest BCUT2D eigenvalue weighted by Gasteiger charge is 2.40. The number of carbonyl (C=O) groups is 3. The van der Waals surface area contributed by atoms with E-state index in [2.05, 4.69) is 10.3 Å². The summed E-state index contributed by atoms with van der Waals surface area (Å²) >= 11 is 0. The van der Waals surface area contributed by atoms with Crippen molar-refractivity contribution in [2.24, 2.45) is 17.3 Å². The van der Waals surface area contributed by atoms with Crippen molar-refractivity contribution in [1.82, 2.24) is 15.4 Å². The van der Waals surface area contributed by atoms with Crippen LogP contribution >= 0.6 is 0 Å². The summed E-state index contributed by atoms with van der Waals surface area (Å²) in [6, 6.07) is 16.4. The van der Waals surface area contributed by atoms with Gasteiger partial charge in [0.15, 0.2) is 0 Å². The average molecular weight is 505 g/mol. The first kappa shape index (κ1) is 26.1. The van der Waals surface area contributed by atoms with E-state index in [-0.39, 0.29) is 23.8 Å². The zero-order chi connectivity index (χ0) is 26.6. The van der Waals surface area contributed by atoms with Crippen LogP contribution in [-0.4, -0.2) is 45.9 Å². The third-order valence-corrected chi connectivity index (χ3v) is 6.39. The van der Waals surface area contributed by atoms with Gasteiger partial charge < -0.3 is 15.0 Å². The lowest BCUT2D eigenvalue weighted by Crippen LogP contribution is -2.52. The molecule has 1 saturated heterocycles. The van der Waals surface area contributed by atoms with E-state index in [4.69, 9.17) is 4.74 Å². The number of anilines is 1. The predicted molar refractivity (Wildman–Crippen MR) is 139 cm³/mol. The number of hydroxylamine groups is 1. The summed E-state index contributed by atoms with van der Waals surface area (Å²) in [7, 11) is 0. The van der Waals surface area contributed by atoms with Crippen LogP contribution in [-0.2, 0) is 14.4 Å². The van der Waals surface area contributed by atoms with Crippen LogP contribution in [0.15, 0.2) is 60.8 Å². The maximum absolute atomic E-state index is 13.1. The van der Waals surface area contributed by atoms with Crippen molar-refractivity contribution in [3.05, 3.63) is 60.8 Å². The van der Waals surface area contributed by atoms with E-state index in [0.717, 1.165) is 10.9 Å². The maximum Gasteiger partial charge on any atom is 0.249 e. The van der Waals surface area contributed by atoms with Gasteiger partial charge in [0.1, 0.15) is 11.5 Å². The van der Waals surface area contributed by atoms with E-state index in [1.807, 2.05) is 45.0 Å². The summed E-state index contributed by atoms with van der Waals surface area (Å²) < 4.78 is 6.03. The Hall–Kier alpha value is -3.98. The Morgan fingerprint density at radius 2 is 1.76 bits per heavy atom. The molecule has 0 spiro atoms. The molecule has 2 heterocycles. The number of fused-ring (bicyclic) bond motifs is 1. The minimum absolute atomic E-state index is 0.0698. The zero-order valence-electron chi connectivity index (χ0n) is 21.2. The number of hydrogen-bond donors (Lipinski definition) is 3. The fraction of sp³-hybridized carbons (Fsp3) is 0.357. The fourth-order valence-corrected chi connectivity index (χ4v) is 4.53. The lowest BCUT2D eigenvalue weighted by atomic mass is 9.83. The van der Waals surface area contributed by atoms with Gasteiger partial charge in [-0.1, -0.05) is 32.9 Å². The summed E-state index contributed by atoms with van der Waals surface area (Å²) in [6.45, 7) is 6.36. The average Bonchev–Trinajstić information content (AvgIpc) is 2.88. The number of carbonyl (C=O) groups excluding carboxylic acids is 3. The summed E-state index contributed by atoms with van der Waals surface area (Å²) in [4.78, 5) is 44.1. The zero-order valence-corrected chi connectivity index (χ0v) is 21.2. The van der Waals surface area contributed by atoms with E-state index in [0.29, 0.717) is 36.6 Å². The van der Waals surface area contributed by atoms with Gasteiger partial charge in [-0.2, -0.15) is 0 Å². The molecule has 9 nitrogen and oxygen atoms in total. The minimum atomic E-state index is -0.856. The molecule has 4 rings (SSSR count). The van der Waals surface area contributed by atoms with Crippen LogP contribution in [0.4, 0.5) is 5.69 Å². The molecule has 1 aliphatic rings. The number of rotatable bonds is 6. The first-order chi connectivity index (χ1) is 17.6. The molecular formula is C28H32N4O5. The summed E-state index contributed by atoms with van der Waals surface area (Å²) in [6.07, 6.45) is 2.34. The Morgan fingerprint density at radius 1 is 1.03 bits per heavy atom. The molecule has 3 N–H and O–H groups in total. The van der Waals surface area contributed by atoms with Gasteiger partial charge in [0.05, 0.1) is 17.4 Å². The number of nitrogens with one attached hydrogen (secondary N) is 2. The van der Waals surface area contributed by atoms with Crippen molar-refractivity contribution in [3.63, 3.8) is 0 Å². The van der Waals surface area contributed by atoms with Crippen molar-refractivity contribution < 1.29 is 24.3 Å². The number of piperidine rings is 1. The summed E-state index contributed by atoms with van der Waals surface area (Å²) in [5, 5.41) is 13.0. The van der Waals surface area contributed by atoms with Crippen molar-refractivity contribution in [1.29, 1.82) is 0 Å². The molecule has 194 valence electrons. The van der Waals surface area contributed by atoms with Crippen LogP contribution in [0.5, 0.6) is 11.5 Å². The molecule has 3 amide bonds. The number of pyridine rings is 1. The van der Waals surface area contributed by atoms with Crippen LogP contribution in [0.25, 0.3) is 10.9 Å². The number of likely N-dealkylation sites (tertiary alicyclic amines) is 1. The largest absolute Gasteiger partial charge is 0.457 e. The summed E-state index contributed by atoms with van der Waals surface area (Å²) in [5.41, 5.74) is 2.84. The van der Waals surface area contributed by atoms with Gasteiger partial charge in [-0.15, -0.1) is 0 Å². The normalized spacial score (nSPS) is 17.8. The van der Waals surface area contributed by atoms with Crippen LogP contribution in [0.2, 0.25) is 0 Å². The van der Waals surface area contributed by atoms with E-state index in [9.17, 15) is 19.6 Å². The van der Waals surface area contributed by atoms with E-state index >= 15 is 0 Å². The van der Waals surface area contributed by atoms with Gasteiger partial charge >= 0.3 is 0 Å². The lowest BCUT2D eigenvalue weighted by Gasteiger charge is -2.37. The van der Waals surface area contributed by atoms with Crippen LogP contribution in [0, 0.1) is 17.3 Å². The third kappa shape index (κ3) is 6.42. The van der Waals surface area contributed by atoms with Gasteiger partial charge in [-0.25, -0.2) is 5.48 Å². The number of nitrogens with zero attached hydrogens (tertiary/aromatic N) is 2. The number of aromatic nitrogens is 1. The Kier molecular flexibility index (Phi) is 7.73. The molecule has 1 unspecified atom stereocenters. The van der Waals surface area contributed by atoms with E-state index in [1.165, 1.54) is 0 Å². The standard InChI is InChI=1S/C28H32N4O5/c1-28(2,3)16-25(33)32-15-13-20(22(17-32)27(35)31-36)26(34)30-18-8-10-19(11-9-18)37-24-12-14-29-23-7-5-4-6-21(23)24/h4-12,14,20,22,36H,13,15-17H2,1-3H3,(H,30,34)(H,31,35)/t20?,22-/m0/s1. The Labute approximate surface area is 215 Å². The van der Waals surface area contributed by atoms with Gasteiger partial charge in [0.25, 0.3) is 0 Å². The Bertz CT molecular complexity index is 1280.